The lowest BCUT2D eigenvalue weighted by atomic mass is 9.48. The largest absolute Gasteiger partial charge is 0.483 e. The number of ether oxygens (including phenoxy) is 3. The molecule has 11 heteroatoms. The minimum atomic E-state index is -4.47. The Bertz CT molecular complexity index is 1740. The molecule has 2 saturated carbocycles. The van der Waals surface area contributed by atoms with Crippen LogP contribution < -0.4 is 9.47 Å². The van der Waals surface area contributed by atoms with Gasteiger partial charge in [0.05, 0.1) is 23.1 Å². The number of halogens is 3. The minimum Gasteiger partial charge on any atom is -0.483 e. The number of nitrogens with zero attached hydrogens (tertiary/aromatic N) is 2. The van der Waals surface area contributed by atoms with Gasteiger partial charge in [0.2, 0.25) is 0 Å². The summed E-state index contributed by atoms with van der Waals surface area (Å²) in [4.78, 5) is 43.6. The van der Waals surface area contributed by atoms with Crippen molar-refractivity contribution < 1.29 is 41.8 Å². The molecule has 1 saturated heterocycles. The lowest BCUT2D eigenvalue weighted by Crippen LogP contribution is -2.79. The molecule has 7 rings (SSSR count). The molecule has 0 radical (unpaired) electrons. The van der Waals surface area contributed by atoms with Gasteiger partial charge < -0.3 is 19.1 Å². The number of benzene rings is 2. The number of hydrogen-bond acceptors (Lipinski definition) is 7. The monoisotopic (exact) mass is 678 g/mol. The molecule has 2 aliphatic heterocycles. The molecule has 260 valence electrons. The molecule has 8 nitrogen and oxygen atoms in total. The van der Waals surface area contributed by atoms with Gasteiger partial charge in [0.1, 0.15) is 11.7 Å². The zero-order valence-corrected chi connectivity index (χ0v) is 28.2. The van der Waals surface area contributed by atoms with Gasteiger partial charge in [-0.1, -0.05) is 25.8 Å². The molecule has 49 heavy (non-hydrogen) atoms. The summed E-state index contributed by atoms with van der Waals surface area (Å²) in [6.07, 6.45) is -0.490. The van der Waals surface area contributed by atoms with E-state index in [1.165, 1.54) is 38.8 Å². The van der Waals surface area contributed by atoms with Crippen molar-refractivity contribution in [2.45, 2.75) is 102 Å². The standard InChI is InChI=1S/C38H41F3N2O6/c1-22(2)20-43(32(46)14-9-25-7-11-28(12-8-25)38(39,40)41)29-15-16-37(49-24(4)45)31-19-27-10-13-30(47-23(3)44)34-33(27)36(37,35(29)48-34)17-18-42(31)21-26-5-6-26/h7-8,10-13,22,26,29,31,35H,5-6,15-21H2,1-4H3/t29-,31-,35+,36+,37-/m1/s1. The zero-order chi connectivity index (χ0) is 34.9. The van der Waals surface area contributed by atoms with Gasteiger partial charge in [0.25, 0.3) is 5.91 Å². The van der Waals surface area contributed by atoms with Crippen molar-refractivity contribution in [1.29, 1.82) is 0 Å². The Hall–Kier alpha value is -4.04. The zero-order valence-electron chi connectivity index (χ0n) is 28.2. The van der Waals surface area contributed by atoms with Gasteiger partial charge in [-0.15, -0.1) is 0 Å². The highest BCUT2D eigenvalue weighted by molar-refractivity contribution is 5.94. The molecule has 1 amide bonds. The van der Waals surface area contributed by atoms with Crippen LogP contribution in [0.2, 0.25) is 0 Å². The highest BCUT2D eigenvalue weighted by Gasteiger charge is 2.76. The van der Waals surface area contributed by atoms with Crippen molar-refractivity contribution in [1.82, 2.24) is 9.80 Å². The van der Waals surface area contributed by atoms with E-state index in [1.54, 1.807) is 11.0 Å². The normalized spacial score (nSPS) is 28.1. The van der Waals surface area contributed by atoms with Crippen LogP contribution in [0.1, 0.15) is 82.1 Å². The summed E-state index contributed by atoms with van der Waals surface area (Å²) in [6, 6.07) is 7.62. The van der Waals surface area contributed by atoms with Crippen LogP contribution in [0.4, 0.5) is 13.2 Å². The second-order valence-corrected chi connectivity index (χ2v) is 14.7. The third-order valence-electron chi connectivity index (χ3n) is 11.0. The maximum Gasteiger partial charge on any atom is 0.416 e. The Balaban J connectivity index is 1.32. The molecule has 3 fully saturated rings. The summed E-state index contributed by atoms with van der Waals surface area (Å²) >= 11 is 0. The second kappa shape index (κ2) is 12.1. The fraction of sp³-hybridized carbons (Fsp3) is 0.553. The van der Waals surface area contributed by atoms with Crippen molar-refractivity contribution in [3.8, 4) is 23.3 Å². The van der Waals surface area contributed by atoms with E-state index in [-0.39, 0.29) is 17.9 Å². The van der Waals surface area contributed by atoms with E-state index in [0.717, 1.165) is 36.3 Å². The van der Waals surface area contributed by atoms with Crippen LogP contribution in [0, 0.1) is 23.7 Å². The highest BCUT2D eigenvalue weighted by atomic mass is 19.4. The van der Waals surface area contributed by atoms with Crippen molar-refractivity contribution in [3.63, 3.8) is 0 Å². The molecule has 5 aliphatic rings. The number of carbonyl (C=O) groups excluding carboxylic acids is 3. The predicted octanol–water partition coefficient (Wildman–Crippen LogP) is 5.67. The number of hydrogen-bond donors (Lipinski definition) is 0. The van der Waals surface area contributed by atoms with Crippen molar-refractivity contribution in [3.05, 3.63) is 58.7 Å². The van der Waals surface area contributed by atoms with Gasteiger partial charge in [0, 0.05) is 44.0 Å². The van der Waals surface area contributed by atoms with Crippen LogP contribution >= 0.6 is 0 Å². The molecule has 2 aromatic rings. The number of amides is 1. The minimum absolute atomic E-state index is 0.0601. The van der Waals surface area contributed by atoms with E-state index >= 15 is 0 Å². The average Bonchev–Trinajstić information content (AvgIpc) is 3.77. The third-order valence-corrected chi connectivity index (χ3v) is 11.0. The maximum atomic E-state index is 14.1. The van der Waals surface area contributed by atoms with Crippen LogP contribution in [-0.2, 0) is 37.1 Å². The fourth-order valence-electron chi connectivity index (χ4n) is 9.14. The van der Waals surface area contributed by atoms with Crippen LogP contribution in [-0.4, -0.2) is 71.1 Å². The molecular weight excluding hydrogens is 637 g/mol. The Morgan fingerprint density at radius 2 is 1.78 bits per heavy atom. The highest BCUT2D eigenvalue weighted by Crippen LogP contribution is 2.67. The van der Waals surface area contributed by atoms with Crippen LogP contribution in [0.15, 0.2) is 36.4 Å². The topological polar surface area (TPSA) is 85.4 Å². The Morgan fingerprint density at radius 1 is 1.04 bits per heavy atom. The average molecular weight is 679 g/mol. The Kier molecular flexibility index (Phi) is 8.25. The van der Waals surface area contributed by atoms with Gasteiger partial charge in [0.15, 0.2) is 11.5 Å². The fourth-order valence-corrected chi connectivity index (χ4v) is 9.14. The van der Waals surface area contributed by atoms with Gasteiger partial charge in [-0.2, -0.15) is 13.2 Å². The molecule has 0 N–H and O–H groups in total. The number of esters is 2. The first-order chi connectivity index (χ1) is 23.2. The molecular formula is C38H41F3N2O6. The maximum absolute atomic E-state index is 14.1. The van der Waals surface area contributed by atoms with Gasteiger partial charge >= 0.3 is 18.1 Å². The molecule has 0 aromatic heterocycles. The van der Waals surface area contributed by atoms with Crippen LogP contribution in [0.3, 0.4) is 0 Å². The van der Waals surface area contributed by atoms with E-state index in [4.69, 9.17) is 14.2 Å². The first kappa shape index (κ1) is 33.5. The van der Waals surface area contributed by atoms with Crippen molar-refractivity contribution in [2.24, 2.45) is 11.8 Å². The summed E-state index contributed by atoms with van der Waals surface area (Å²) in [5.41, 5.74) is -0.285. The number of carbonyl (C=O) groups is 3. The SMILES string of the molecule is CC(=O)Oc1ccc2c3c1O[C@H]1[C@H](N(CC(C)C)C(=O)C#Cc4ccc(C(F)(F)F)cc4)CC[C@@]4(OC(C)=O)[C@@H](C2)N(CC2CC2)CC[C@]314. The molecule has 5 atom stereocenters. The molecule has 2 heterocycles. The number of piperidine rings is 1. The van der Waals surface area contributed by atoms with Crippen LogP contribution in [0.5, 0.6) is 11.5 Å². The first-order valence-corrected chi connectivity index (χ1v) is 17.2. The predicted molar refractivity (Wildman–Crippen MR) is 173 cm³/mol. The lowest BCUT2D eigenvalue weighted by Gasteiger charge is -2.65. The van der Waals surface area contributed by atoms with E-state index < -0.39 is 46.8 Å². The summed E-state index contributed by atoms with van der Waals surface area (Å²) in [5, 5.41) is 0. The number of rotatable bonds is 7. The van der Waals surface area contributed by atoms with Crippen molar-refractivity contribution >= 4 is 17.8 Å². The summed E-state index contributed by atoms with van der Waals surface area (Å²) in [7, 11) is 0. The number of likely N-dealkylation sites (tertiary alicyclic amines) is 1. The van der Waals surface area contributed by atoms with Crippen LogP contribution in [0.25, 0.3) is 0 Å². The summed E-state index contributed by atoms with van der Waals surface area (Å²) < 4.78 is 58.6. The van der Waals surface area contributed by atoms with Gasteiger partial charge in [-0.25, -0.2) is 0 Å². The van der Waals surface area contributed by atoms with Gasteiger partial charge in [-0.3, -0.25) is 19.3 Å². The smallest absolute Gasteiger partial charge is 0.416 e. The second-order valence-electron chi connectivity index (χ2n) is 14.7. The quantitative estimate of drug-likeness (QED) is 0.212. The molecule has 1 spiro atoms. The summed E-state index contributed by atoms with van der Waals surface area (Å²) in [5.74, 6) is 5.60. The lowest BCUT2D eigenvalue weighted by molar-refractivity contribution is -0.224. The van der Waals surface area contributed by atoms with E-state index in [2.05, 4.69) is 16.7 Å². The number of alkyl halides is 3. The Labute approximate surface area is 284 Å². The van der Waals surface area contributed by atoms with E-state index in [1.807, 2.05) is 19.9 Å². The van der Waals surface area contributed by atoms with E-state index in [9.17, 15) is 27.6 Å². The van der Waals surface area contributed by atoms with E-state index in [0.29, 0.717) is 55.2 Å². The molecule has 2 bridgehead atoms. The first-order valence-electron chi connectivity index (χ1n) is 17.2. The Morgan fingerprint density at radius 3 is 2.41 bits per heavy atom. The third kappa shape index (κ3) is 5.66. The molecule has 0 unspecified atom stereocenters. The molecule has 2 aromatic carbocycles. The molecule has 3 aliphatic carbocycles. The van der Waals surface area contributed by atoms with Crippen molar-refractivity contribution in [2.75, 3.05) is 19.6 Å². The summed E-state index contributed by atoms with van der Waals surface area (Å²) in [6.45, 7) is 8.84. The van der Waals surface area contributed by atoms with Gasteiger partial charge in [-0.05, 0) is 92.8 Å².